The number of alkyl halides is 3. The molecular formula is C25H24F5N3O5. The third-order valence-corrected chi connectivity index (χ3v) is 6.44. The number of aliphatic hydroxyl groups excluding tert-OH is 1. The van der Waals surface area contributed by atoms with Gasteiger partial charge in [0.1, 0.15) is 23.6 Å². The summed E-state index contributed by atoms with van der Waals surface area (Å²) in [5.74, 6) is -2.41. The van der Waals surface area contributed by atoms with E-state index in [-0.39, 0.29) is 60.8 Å². The number of pyridine rings is 1. The van der Waals surface area contributed by atoms with Crippen molar-refractivity contribution in [1.82, 2.24) is 9.97 Å². The van der Waals surface area contributed by atoms with Crippen molar-refractivity contribution in [2.24, 2.45) is 10.4 Å². The Labute approximate surface area is 213 Å². The maximum absolute atomic E-state index is 15.0. The van der Waals surface area contributed by atoms with E-state index in [0.29, 0.717) is 12.4 Å². The van der Waals surface area contributed by atoms with Gasteiger partial charge in [-0.15, -0.1) is 0 Å². The second kappa shape index (κ2) is 9.79. The lowest BCUT2D eigenvalue weighted by atomic mass is 9.91. The fourth-order valence-electron chi connectivity index (χ4n) is 4.22. The SMILES string of the molecule is CC1(CO)CN=C(Cc2cc(F)c(Oc3ccnc4[nH]cc(C5(OCC(F)(F)F)COC5)c34)c(F)c2)OC1. The van der Waals surface area contributed by atoms with E-state index in [9.17, 15) is 18.3 Å². The lowest BCUT2D eigenvalue weighted by Gasteiger charge is -2.41. The summed E-state index contributed by atoms with van der Waals surface area (Å²) in [7, 11) is 0. The number of halogens is 5. The molecule has 8 nitrogen and oxygen atoms in total. The molecule has 13 heteroatoms. The molecule has 2 aliphatic rings. The van der Waals surface area contributed by atoms with Crippen LogP contribution in [0.15, 0.2) is 35.6 Å². The number of benzene rings is 1. The van der Waals surface area contributed by atoms with Crippen molar-refractivity contribution in [2.75, 3.05) is 39.6 Å². The first-order valence-corrected chi connectivity index (χ1v) is 11.7. The normalized spacial score (nSPS) is 21.1. The molecule has 1 unspecified atom stereocenters. The number of nitrogens with zero attached hydrogens (tertiary/aromatic N) is 2. The third-order valence-electron chi connectivity index (χ3n) is 6.44. The number of aromatic amines is 1. The van der Waals surface area contributed by atoms with Crippen molar-refractivity contribution in [1.29, 1.82) is 0 Å². The van der Waals surface area contributed by atoms with Crippen molar-refractivity contribution in [3.05, 3.63) is 53.4 Å². The molecule has 1 atom stereocenters. The highest BCUT2D eigenvalue weighted by Crippen LogP contribution is 2.43. The molecule has 0 radical (unpaired) electrons. The van der Waals surface area contributed by atoms with Gasteiger partial charge in [0, 0.05) is 29.8 Å². The number of aromatic nitrogens is 2. The predicted octanol–water partition coefficient (Wildman–Crippen LogP) is 4.41. The van der Waals surface area contributed by atoms with Crippen LogP contribution in [-0.4, -0.2) is 66.7 Å². The molecule has 2 N–H and O–H groups in total. The Morgan fingerprint density at radius 3 is 2.47 bits per heavy atom. The van der Waals surface area contributed by atoms with Gasteiger partial charge in [-0.3, -0.25) is 4.99 Å². The molecule has 0 aliphatic carbocycles. The quantitative estimate of drug-likeness (QED) is 0.410. The van der Waals surface area contributed by atoms with E-state index in [1.54, 1.807) is 0 Å². The highest BCUT2D eigenvalue weighted by atomic mass is 19.4. The van der Waals surface area contributed by atoms with Gasteiger partial charge in [0.25, 0.3) is 0 Å². The summed E-state index contributed by atoms with van der Waals surface area (Å²) in [6, 6.07) is 3.54. The van der Waals surface area contributed by atoms with Crippen LogP contribution in [0, 0.1) is 17.0 Å². The monoisotopic (exact) mass is 541 g/mol. The maximum Gasteiger partial charge on any atom is 0.411 e. The molecule has 1 aromatic carbocycles. The third kappa shape index (κ3) is 5.18. The van der Waals surface area contributed by atoms with Gasteiger partial charge in [-0.05, 0) is 23.8 Å². The number of ether oxygens (including phenoxy) is 4. The first kappa shape index (κ1) is 26.3. The van der Waals surface area contributed by atoms with Crippen molar-refractivity contribution in [2.45, 2.75) is 25.1 Å². The summed E-state index contributed by atoms with van der Waals surface area (Å²) in [6.07, 6.45) is -1.77. The molecule has 3 aromatic rings. The summed E-state index contributed by atoms with van der Waals surface area (Å²) < 4.78 is 90.2. The minimum absolute atomic E-state index is 0.0260. The van der Waals surface area contributed by atoms with E-state index >= 15 is 8.78 Å². The molecule has 38 heavy (non-hydrogen) atoms. The Kier molecular flexibility index (Phi) is 6.78. The van der Waals surface area contributed by atoms with Crippen LogP contribution < -0.4 is 4.74 Å². The number of aliphatic imine (C=N–C) groups is 1. The standard InChI is InChI=1S/C25H24F5N3O5/c1-23(9-34)8-33-19(36-10-23)6-14-4-16(26)21(17(27)5-14)38-18-2-3-31-22-20(18)15(7-32-22)24(11-35-12-24)37-13-25(28,29)30/h2-5,7,34H,6,8-13H2,1H3,(H,31,32). The van der Waals surface area contributed by atoms with Gasteiger partial charge in [-0.25, -0.2) is 13.8 Å². The van der Waals surface area contributed by atoms with Crippen LogP contribution in [0.25, 0.3) is 11.0 Å². The van der Waals surface area contributed by atoms with E-state index in [1.165, 1.54) is 18.5 Å². The zero-order chi connectivity index (χ0) is 27.1. The van der Waals surface area contributed by atoms with Crippen LogP contribution in [0.2, 0.25) is 0 Å². The number of fused-ring (bicyclic) bond motifs is 1. The molecule has 0 saturated carbocycles. The zero-order valence-electron chi connectivity index (χ0n) is 20.2. The summed E-state index contributed by atoms with van der Waals surface area (Å²) in [5.41, 5.74) is -1.17. The van der Waals surface area contributed by atoms with Crippen LogP contribution in [0.4, 0.5) is 22.0 Å². The number of hydrogen-bond acceptors (Lipinski definition) is 7. The lowest BCUT2D eigenvalue weighted by Crippen LogP contribution is -2.50. The average molecular weight is 541 g/mol. The zero-order valence-corrected chi connectivity index (χ0v) is 20.2. The van der Waals surface area contributed by atoms with Crippen LogP contribution in [0.1, 0.15) is 18.1 Å². The Hall–Kier alpha value is -3.29. The van der Waals surface area contributed by atoms with Gasteiger partial charge in [0.15, 0.2) is 23.3 Å². The van der Waals surface area contributed by atoms with Gasteiger partial charge in [0.2, 0.25) is 0 Å². The smallest absolute Gasteiger partial charge is 0.411 e. The predicted molar refractivity (Wildman–Crippen MR) is 124 cm³/mol. The Balaban J connectivity index is 1.41. The molecule has 4 heterocycles. The number of aliphatic hydroxyl groups is 1. The molecule has 1 fully saturated rings. The van der Waals surface area contributed by atoms with E-state index < -0.39 is 41.2 Å². The molecule has 2 aliphatic heterocycles. The summed E-state index contributed by atoms with van der Waals surface area (Å²) in [5, 5.41) is 9.63. The van der Waals surface area contributed by atoms with E-state index in [4.69, 9.17) is 18.9 Å². The van der Waals surface area contributed by atoms with Crippen LogP contribution in [0.5, 0.6) is 11.5 Å². The van der Waals surface area contributed by atoms with Gasteiger partial charge < -0.3 is 29.0 Å². The second-order valence-corrected chi connectivity index (χ2v) is 9.76. The van der Waals surface area contributed by atoms with Crippen molar-refractivity contribution in [3.8, 4) is 11.5 Å². The first-order chi connectivity index (χ1) is 18.0. The largest absolute Gasteiger partial charge is 0.480 e. The molecule has 1 saturated heterocycles. The Morgan fingerprint density at radius 1 is 1.16 bits per heavy atom. The number of H-pyrrole nitrogens is 1. The van der Waals surface area contributed by atoms with Gasteiger partial charge in [-0.1, -0.05) is 6.92 Å². The minimum atomic E-state index is -4.56. The number of hydrogen-bond donors (Lipinski definition) is 2. The fourth-order valence-corrected chi connectivity index (χ4v) is 4.22. The number of nitrogens with one attached hydrogen (secondary N) is 1. The van der Waals surface area contributed by atoms with Crippen LogP contribution in [-0.2, 0) is 26.2 Å². The van der Waals surface area contributed by atoms with Gasteiger partial charge >= 0.3 is 6.18 Å². The summed E-state index contributed by atoms with van der Waals surface area (Å²) in [6.45, 7) is 0.459. The van der Waals surface area contributed by atoms with Crippen LogP contribution in [0.3, 0.4) is 0 Å². The second-order valence-electron chi connectivity index (χ2n) is 9.76. The van der Waals surface area contributed by atoms with E-state index in [0.717, 1.165) is 12.1 Å². The highest BCUT2D eigenvalue weighted by Gasteiger charge is 2.47. The molecule has 0 bridgehead atoms. The molecule has 2 aromatic heterocycles. The highest BCUT2D eigenvalue weighted by molar-refractivity contribution is 5.87. The average Bonchev–Trinajstić information content (AvgIpc) is 3.27. The molecule has 0 spiro atoms. The Morgan fingerprint density at radius 2 is 1.89 bits per heavy atom. The van der Waals surface area contributed by atoms with Gasteiger partial charge in [0.05, 0.1) is 38.4 Å². The lowest BCUT2D eigenvalue weighted by molar-refractivity contribution is -0.267. The first-order valence-electron chi connectivity index (χ1n) is 11.7. The molecular weight excluding hydrogens is 517 g/mol. The molecule has 204 valence electrons. The van der Waals surface area contributed by atoms with E-state index in [1.807, 2.05) is 6.92 Å². The maximum atomic E-state index is 15.0. The van der Waals surface area contributed by atoms with Crippen molar-refractivity contribution in [3.63, 3.8) is 0 Å². The van der Waals surface area contributed by atoms with Gasteiger partial charge in [-0.2, -0.15) is 13.2 Å². The van der Waals surface area contributed by atoms with Crippen molar-refractivity contribution < 1.29 is 46.0 Å². The topological polar surface area (TPSA) is 98.2 Å². The summed E-state index contributed by atoms with van der Waals surface area (Å²) in [4.78, 5) is 11.2. The fraction of sp³-hybridized carbons (Fsp3) is 0.440. The molecule has 0 amide bonds. The van der Waals surface area contributed by atoms with Crippen LogP contribution >= 0.6 is 0 Å². The summed E-state index contributed by atoms with van der Waals surface area (Å²) >= 11 is 0. The van der Waals surface area contributed by atoms with E-state index in [2.05, 4.69) is 15.0 Å². The Bertz CT molecular complexity index is 1350. The molecule has 5 rings (SSSR count). The number of rotatable bonds is 8. The van der Waals surface area contributed by atoms with Crippen molar-refractivity contribution >= 4 is 16.9 Å². The minimum Gasteiger partial charge on any atom is -0.480 e.